The number of aryl methyl sites for hydroxylation is 1. The van der Waals surface area contributed by atoms with Gasteiger partial charge < -0.3 is 29.5 Å². The molecule has 2 fully saturated rings. The van der Waals surface area contributed by atoms with Crippen LogP contribution in [0.5, 0.6) is 5.75 Å². The van der Waals surface area contributed by atoms with Crippen LogP contribution in [0.4, 0.5) is 24.5 Å². The third kappa shape index (κ3) is 6.17. The number of nitrogens with one attached hydrogen (secondary N) is 1. The van der Waals surface area contributed by atoms with E-state index in [1.54, 1.807) is 16.4 Å². The van der Waals surface area contributed by atoms with Crippen molar-refractivity contribution in [1.29, 1.82) is 0 Å². The number of alkyl halides is 3. The minimum absolute atomic E-state index is 0.0115. The Hall–Kier alpha value is -5.03. The molecule has 4 aromatic rings. The lowest BCUT2D eigenvalue weighted by molar-refractivity contribution is -0.137. The van der Waals surface area contributed by atoms with Crippen molar-refractivity contribution in [3.8, 4) is 5.75 Å². The topological polar surface area (TPSA) is 160 Å². The highest BCUT2D eigenvalue weighted by Crippen LogP contribution is 2.39. The smallest absolute Gasteiger partial charge is 0.416 e. The van der Waals surface area contributed by atoms with Crippen molar-refractivity contribution in [3.63, 3.8) is 0 Å². The van der Waals surface area contributed by atoms with Crippen LogP contribution in [0.25, 0.3) is 11.4 Å². The summed E-state index contributed by atoms with van der Waals surface area (Å²) in [5, 5.41) is 17.4. The molecule has 5 heterocycles. The van der Waals surface area contributed by atoms with Gasteiger partial charge in [0.15, 0.2) is 17.3 Å². The molecule has 2 amide bonds. The second-order valence-electron chi connectivity index (χ2n) is 12.5. The van der Waals surface area contributed by atoms with E-state index in [4.69, 9.17) is 21.3 Å². The number of aromatic nitrogens is 6. The maximum Gasteiger partial charge on any atom is 0.416 e. The Morgan fingerprint density at radius 2 is 1.94 bits per heavy atom. The number of carbonyl (C=O) groups is 2. The SMILES string of the molecule is CCc1c(N2CCN(C(=O)c3ncnc(C)c3O)[C@@H]3CC[C@H]32)c(=O)n2nc(C3=CCOCC3)nc2n1CC(=O)Nc1ccc(C(F)(F)F)cc1Cl. The second kappa shape index (κ2) is 13.3. The van der Waals surface area contributed by atoms with Gasteiger partial charge in [-0.05, 0) is 56.4 Å². The van der Waals surface area contributed by atoms with Crippen LogP contribution >= 0.6 is 11.6 Å². The fourth-order valence-electron chi connectivity index (χ4n) is 6.92. The van der Waals surface area contributed by atoms with Gasteiger partial charge in [0.25, 0.3) is 11.5 Å². The molecule has 1 saturated heterocycles. The molecular formula is C33H33ClF3N9O5. The highest BCUT2D eigenvalue weighted by molar-refractivity contribution is 6.33. The summed E-state index contributed by atoms with van der Waals surface area (Å²) >= 11 is 6.14. The third-order valence-electron chi connectivity index (χ3n) is 9.62. The van der Waals surface area contributed by atoms with Crippen molar-refractivity contribution in [2.45, 2.75) is 64.3 Å². The molecule has 14 nitrogen and oxygen atoms in total. The molecule has 2 aliphatic heterocycles. The lowest BCUT2D eigenvalue weighted by Gasteiger charge is -2.54. The molecule has 1 aliphatic carbocycles. The molecule has 51 heavy (non-hydrogen) atoms. The maximum absolute atomic E-state index is 14.4. The van der Waals surface area contributed by atoms with E-state index >= 15 is 0 Å². The number of piperazine rings is 1. The van der Waals surface area contributed by atoms with Gasteiger partial charge >= 0.3 is 6.18 Å². The Bertz CT molecular complexity index is 2150. The molecule has 2 N–H and O–H groups in total. The Morgan fingerprint density at radius 1 is 1.16 bits per heavy atom. The summed E-state index contributed by atoms with van der Waals surface area (Å²) in [5.74, 6) is -0.897. The van der Waals surface area contributed by atoms with Crippen molar-refractivity contribution < 1.29 is 32.6 Å². The molecule has 0 unspecified atom stereocenters. The van der Waals surface area contributed by atoms with Gasteiger partial charge in [0.2, 0.25) is 11.7 Å². The molecule has 2 atom stereocenters. The first kappa shape index (κ1) is 34.4. The summed E-state index contributed by atoms with van der Waals surface area (Å²) in [5.41, 5.74) is 0.381. The van der Waals surface area contributed by atoms with Gasteiger partial charge in [-0.15, -0.1) is 5.10 Å². The van der Waals surface area contributed by atoms with Gasteiger partial charge in [-0.2, -0.15) is 22.7 Å². The van der Waals surface area contributed by atoms with Gasteiger partial charge in [-0.1, -0.05) is 24.6 Å². The number of amides is 2. The van der Waals surface area contributed by atoms with Crippen molar-refractivity contribution in [2.75, 3.05) is 36.5 Å². The first-order chi connectivity index (χ1) is 24.4. The second-order valence-corrected chi connectivity index (χ2v) is 12.9. The minimum Gasteiger partial charge on any atom is -0.504 e. The highest BCUT2D eigenvalue weighted by Gasteiger charge is 2.47. The summed E-state index contributed by atoms with van der Waals surface area (Å²) in [7, 11) is 0. The number of hydrogen-bond acceptors (Lipinski definition) is 10. The number of ether oxygens (including phenoxy) is 1. The van der Waals surface area contributed by atoms with Crippen molar-refractivity contribution in [3.05, 3.63) is 74.4 Å². The van der Waals surface area contributed by atoms with Crippen molar-refractivity contribution >= 4 is 46.1 Å². The molecule has 1 aromatic carbocycles. The Kier molecular flexibility index (Phi) is 8.95. The van der Waals surface area contributed by atoms with Crippen molar-refractivity contribution in [2.24, 2.45) is 0 Å². The van der Waals surface area contributed by atoms with Crippen LogP contribution in [0.3, 0.4) is 0 Å². The quantitative estimate of drug-likeness (QED) is 0.286. The van der Waals surface area contributed by atoms with E-state index in [1.165, 1.54) is 10.8 Å². The van der Waals surface area contributed by atoms with Crippen LogP contribution in [0, 0.1) is 6.92 Å². The van der Waals surface area contributed by atoms with Crippen LogP contribution in [0.2, 0.25) is 5.02 Å². The number of aromatic hydroxyl groups is 1. The highest BCUT2D eigenvalue weighted by atomic mass is 35.5. The number of nitrogens with zero attached hydrogens (tertiary/aromatic N) is 8. The van der Waals surface area contributed by atoms with Crippen LogP contribution in [-0.4, -0.2) is 89.3 Å². The van der Waals surface area contributed by atoms with Gasteiger partial charge in [-0.25, -0.2) is 9.97 Å². The summed E-state index contributed by atoms with van der Waals surface area (Å²) in [6, 6.07) is 2.12. The predicted molar refractivity (Wildman–Crippen MR) is 179 cm³/mol. The molecule has 7 rings (SSSR count). The number of fused-ring (bicyclic) bond motifs is 2. The lowest BCUT2D eigenvalue weighted by atomic mass is 9.81. The van der Waals surface area contributed by atoms with Gasteiger partial charge in [-0.3, -0.25) is 14.4 Å². The van der Waals surface area contributed by atoms with E-state index in [0.717, 1.165) is 23.8 Å². The first-order valence-electron chi connectivity index (χ1n) is 16.4. The zero-order chi connectivity index (χ0) is 36.2. The van der Waals surface area contributed by atoms with E-state index in [-0.39, 0.29) is 65.3 Å². The Labute approximate surface area is 293 Å². The number of anilines is 2. The van der Waals surface area contributed by atoms with Crippen LogP contribution in [0.15, 0.2) is 35.4 Å². The van der Waals surface area contributed by atoms with Gasteiger partial charge in [0.05, 0.1) is 46.9 Å². The van der Waals surface area contributed by atoms with E-state index in [0.29, 0.717) is 56.1 Å². The van der Waals surface area contributed by atoms with Gasteiger partial charge in [0.1, 0.15) is 18.6 Å². The molecule has 268 valence electrons. The average molecular weight is 728 g/mol. The molecule has 3 aliphatic rings. The largest absolute Gasteiger partial charge is 0.504 e. The van der Waals surface area contributed by atoms with E-state index < -0.39 is 29.1 Å². The molecule has 0 radical (unpaired) electrons. The van der Waals surface area contributed by atoms with E-state index in [9.17, 15) is 32.7 Å². The zero-order valence-electron chi connectivity index (χ0n) is 27.6. The number of hydrogen-bond donors (Lipinski definition) is 2. The monoisotopic (exact) mass is 727 g/mol. The van der Waals surface area contributed by atoms with Crippen LogP contribution in [-0.2, 0) is 28.7 Å². The average Bonchev–Trinajstić information content (AvgIpc) is 3.54. The standard InChI is InChI=1S/C33H33ClF3N9O5/c1-3-22-27(43-10-11-44(24-7-6-23(24)43)30(49)26-28(48)17(2)38-16-39-26)31(50)46-32(41-29(42-46)18-8-12-51-13-9-18)45(22)15-25(47)40-21-5-4-19(14-20(21)34)33(35,36)37/h4-5,8,14,16,23-24,48H,3,6-7,9-13,15H2,1-2H3,(H,40,47)/t23-,24-/m1/s1. The zero-order valence-corrected chi connectivity index (χ0v) is 28.3. The minimum atomic E-state index is -4.61. The molecule has 0 spiro atoms. The summed E-state index contributed by atoms with van der Waals surface area (Å²) in [4.78, 5) is 57.9. The number of halogens is 4. The summed E-state index contributed by atoms with van der Waals surface area (Å²) in [6.07, 6.45) is 0.611. The number of carbonyl (C=O) groups excluding carboxylic acids is 2. The molecule has 18 heteroatoms. The fraction of sp³-hybridized carbons (Fsp3) is 0.424. The lowest BCUT2D eigenvalue weighted by Crippen LogP contribution is -2.67. The van der Waals surface area contributed by atoms with Gasteiger partial charge in [0, 0.05) is 19.1 Å². The molecule has 1 saturated carbocycles. The Morgan fingerprint density at radius 3 is 2.61 bits per heavy atom. The molecular weight excluding hydrogens is 695 g/mol. The predicted octanol–water partition coefficient (Wildman–Crippen LogP) is 3.87. The number of benzene rings is 1. The molecule has 0 bridgehead atoms. The Balaban J connectivity index is 1.27. The number of rotatable bonds is 7. The summed E-state index contributed by atoms with van der Waals surface area (Å²) in [6.45, 7) is 4.36. The van der Waals surface area contributed by atoms with Crippen LogP contribution < -0.4 is 15.8 Å². The normalized spacial score (nSPS) is 19.1. The maximum atomic E-state index is 14.4. The van der Waals surface area contributed by atoms with Crippen LogP contribution in [0.1, 0.15) is 59.5 Å². The summed E-state index contributed by atoms with van der Waals surface area (Å²) < 4.78 is 47.9. The molecule has 3 aromatic heterocycles. The third-order valence-corrected chi connectivity index (χ3v) is 9.94. The van der Waals surface area contributed by atoms with Crippen molar-refractivity contribution in [1.82, 2.24) is 34.0 Å². The van der Waals surface area contributed by atoms with E-state index in [2.05, 4.69) is 20.4 Å². The van der Waals surface area contributed by atoms with E-state index in [1.807, 2.05) is 17.9 Å². The fourth-order valence-corrected chi connectivity index (χ4v) is 7.15. The first-order valence-corrected chi connectivity index (χ1v) is 16.8.